The number of hydrogen-bond donors (Lipinski definition) is 0. The highest BCUT2D eigenvalue weighted by Gasteiger charge is 2.05. The van der Waals surface area contributed by atoms with Crippen molar-refractivity contribution in [1.29, 1.82) is 0 Å². The van der Waals surface area contributed by atoms with E-state index in [1.807, 2.05) is 35.2 Å². The molecule has 1 heterocycles. The third-order valence-electron chi connectivity index (χ3n) is 1.19. The van der Waals surface area contributed by atoms with Crippen molar-refractivity contribution in [1.82, 2.24) is 0 Å². The van der Waals surface area contributed by atoms with E-state index in [1.165, 1.54) is 0 Å². The summed E-state index contributed by atoms with van der Waals surface area (Å²) in [5.74, 6) is 0. The molecule has 1 rings (SSSR count). The van der Waals surface area contributed by atoms with Crippen LogP contribution < -0.4 is 0 Å². The van der Waals surface area contributed by atoms with Crippen molar-refractivity contribution in [3.63, 3.8) is 0 Å². The Morgan fingerprint density at radius 2 is 2.67 bits per heavy atom. The minimum Gasteiger partial charge on any atom is -0.493 e. The Bertz CT molecular complexity index is 133. The van der Waals surface area contributed by atoms with E-state index in [0.29, 0.717) is 0 Å². The Labute approximate surface area is 68.5 Å². The fourth-order valence-corrected chi connectivity index (χ4v) is 1.08. The van der Waals surface area contributed by atoms with Gasteiger partial charge in [0, 0.05) is 0 Å². The predicted molar refractivity (Wildman–Crippen MR) is 45.8 cm³/mol. The molecule has 0 aromatic rings. The van der Waals surface area contributed by atoms with E-state index in [4.69, 9.17) is 4.74 Å². The molecule has 2 nitrogen and oxygen atoms in total. The van der Waals surface area contributed by atoms with Crippen LogP contribution in [0.5, 0.6) is 0 Å². The van der Waals surface area contributed by atoms with Crippen LogP contribution in [-0.4, -0.2) is 12.3 Å². The van der Waals surface area contributed by atoms with Crippen LogP contribution in [0.15, 0.2) is 15.5 Å². The maximum atomic E-state index is 5.18. The molecular formula is C6H8INO. The Hall–Kier alpha value is -0.0600. The van der Waals surface area contributed by atoms with Crippen LogP contribution >= 0.6 is 22.9 Å². The Balaban J connectivity index is 2.35. The lowest BCUT2D eigenvalue weighted by Gasteiger charge is -2.13. The largest absolute Gasteiger partial charge is 0.493 e. The molecule has 0 saturated carbocycles. The summed E-state index contributed by atoms with van der Waals surface area (Å²) in [5, 5.41) is 0. The average molecular weight is 237 g/mol. The van der Waals surface area contributed by atoms with Crippen molar-refractivity contribution in [2.75, 3.05) is 0 Å². The third-order valence-corrected chi connectivity index (χ3v) is 1.51. The number of hydrogen-bond acceptors (Lipinski definition) is 2. The zero-order chi connectivity index (χ0) is 6.53. The second-order valence-electron chi connectivity index (χ2n) is 1.87. The Kier molecular flexibility index (Phi) is 3.03. The standard InChI is InChI=1S/C6H8INO/c7-8-5-6-3-1-2-4-9-6/h2,4-6H,1,3H2/b8-5+/t6-/m0/s1. The van der Waals surface area contributed by atoms with Crippen molar-refractivity contribution in [2.24, 2.45) is 3.21 Å². The molecule has 0 spiro atoms. The normalized spacial score (nSPS) is 26.6. The quantitative estimate of drug-likeness (QED) is 0.505. The highest BCUT2D eigenvalue weighted by atomic mass is 127. The third kappa shape index (κ3) is 2.34. The molecule has 0 saturated heterocycles. The average Bonchev–Trinajstić information content (AvgIpc) is 1.91. The summed E-state index contributed by atoms with van der Waals surface area (Å²) < 4.78 is 9.03. The zero-order valence-electron chi connectivity index (χ0n) is 4.96. The van der Waals surface area contributed by atoms with Gasteiger partial charge in [0.15, 0.2) is 0 Å². The summed E-state index contributed by atoms with van der Waals surface area (Å²) in [7, 11) is 0. The molecule has 0 aliphatic carbocycles. The molecule has 0 aromatic carbocycles. The minimum absolute atomic E-state index is 0.215. The maximum Gasteiger partial charge on any atom is 0.134 e. The molecule has 0 radical (unpaired) electrons. The number of nitrogens with zero attached hydrogens (tertiary/aromatic N) is 1. The summed E-state index contributed by atoms with van der Waals surface area (Å²) >= 11 is 1.96. The van der Waals surface area contributed by atoms with Crippen LogP contribution in [0.2, 0.25) is 0 Å². The van der Waals surface area contributed by atoms with Crippen LogP contribution in [0, 0.1) is 0 Å². The Morgan fingerprint density at radius 3 is 3.22 bits per heavy atom. The number of rotatable bonds is 1. The Morgan fingerprint density at radius 1 is 1.78 bits per heavy atom. The fraction of sp³-hybridized carbons (Fsp3) is 0.500. The lowest BCUT2D eigenvalue weighted by Crippen LogP contribution is -2.12. The van der Waals surface area contributed by atoms with Gasteiger partial charge in [0.2, 0.25) is 0 Å². The molecule has 0 aromatic heterocycles. The van der Waals surface area contributed by atoms with Crippen LogP contribution in [-0.2, 0) is 4.74 Å². The van der Waals surface area contributed by atoms with E-state index in [1.54, 1.807) is 6.26 Å². The smallest absolute Gasteiger partial charge is 0.134 e. The monoisotopic (exact) mass is 237 g/mol. The first-order chi connectivity index (χ1) is 4.43. The van der Waals surface area contributed by atoms with Gasteiger partial charge in [-0.2, -0.15) is 0 Å². The first kappa shape index (κ1) is 7.05. The number of allylic oxidation sites excluding steroid dienone is 1. The van der Waals surface area contributed by atoms with Gasteiger partial charge in [-0.3, -0.25) is 0 Å². The highest BCUT2D eigenvalue weighted by molar-refractivity contribution is 14.1. The highest BCUT2D eigenvalue weighted by Crippen LogP contribution is 2.08. The molecule has 9 heavy (non-hydrogen) atoms. The van der Waals surface area contributed by atoms with Gasteiger partial charge in [-0.15, -0.1) is 0 Å². The van der Waals surface area contributed by atoms with Crippen LogP contribution in [0.1, 0.15) is 12.8 Å². The van der Waals surface area contributed by atoms with Gasteiger partial charge in [0.05, 0.1) is 35.3 Å². The second kappa shape index (κ2) is 3.87. The summed E-state index contributed by atoms with van der Waals surface area (Å²) in [6, 6.07) is 0. The predicted octanol–water partition coefficient (Wildman–Crippen LogP) is 2.10. The van der Waals surface area contributed by atoms with Gasteiger partial charge in [-0.1, -0.05) is 0 Å². The van der Waals surface area contributed by atoms with Crippen molar-refractivity contribution >= 4 is 29.1 Å². The SMILES string of the molecule is I/N=C/[C@@H]1CCC=CO1. The van der Waals surface area contributed by atoms with Crippen molar-refractivity contribution in [3.05, 3.63) is 12.3 Å². The van der Waals surface area contributed by atoms with Crippen LogP contribution in [0.3, 0.4) is 0 Å². The molecule has 1 aliphatic rings. The molecular weight excluding hydrogens is 229 g/mol. The number of ether oxygens (including phenoxy) is 1. The van der Waals surface area contributed by atoms with Gasteiger partial charge < -0.3 is 4.74 Å². The van der Waals surface area contributed by atoms with Crippen molar-refractivity contribution in [2.45, 2.75) is 18.9 Å². The molecule has 3 heteroatoms. The summed E-state index contributed by atoms with van der Waals surface area (Å²) in [5.41, 5.74) is 0. The van der Waals surface area contributed by atoms with E-state index in [-0.39, 0.29) is 6.10 Å². The van der Waals surface area contributed by atoms with Gasteiger partial charge in [-0.25, -0.2) is 3.21 Å². The molecule has 0 fully saturated rings. The topological polar surface area (TPSA) is 21.6 Å². The lowest BCUT2D eigenvalue weighted by molar-refractivity contribution is 0.185. The van der Waals surface area contributed by atoms with E-state index >= 15 is 0 Å². The maximum absolute atomic E-state index is 5.18. The van der Waals surface area contributed by atoms with Crippen molar-refractivity contribution < 1.29 is 4.74 Å². The fourth-order valence-electron chi connectivity index (χ4n) is 0.726. The van der Waals surface area contributed by atoms with E-state index in [0.717, 1.165) is 12.8 Å². The van der Waals surface area contributed by atoms with Gasteiger partial charge in [0.25, 0.3) is 0 Å². The van der Waals surface area contributed by atoms with Gasteiger partial charge >= 0.3 is 0 Å². The second-order valence-corrected chi connectivity index (χ2v) is 2.43. The van der Waals surface area contributed by atoms with Crippen molar-refractivity contribution in [3.8, 4) is 0 Å². The molecule has 1 aliphatic heterocycles. The molecule has 0 bridgehead atoms. The van der Waals surface area contributed by atoms with E-state index in [2.05, 4.69) is 3.21 Å². The lowest BCUT2D eigenvalue weighted by atomic mass is 10.2. The van der Waals surface area contributed by atoms with Gasteiger partial charge in [0.1, 0.15) is 6.10 Å². The molecule has 50 valence electrons. The first-order valence-corrected chi connectivity index (χ1v) is 3.85. The zero-order valence-corrected chi connectivity index (χ0v) is 7.11. The van der Waals surface area contributed by atoms with E-state index < -0.39 is 0 Å². The summed E-state index contributed by atoms with van der Waals surface area (Å²) in [6.07, 6.45) is 7.97. The molecule has 1 atom stereocenters. The minimum atomic E-state index is 0.215. The summed E-state index contributed by atoms with van der Waals surface area (Å²) in [6.45, 7) is 0. The van der Waals surface area contributed by atoms with Gasteiger partial charge in [-0.05, 0) is 18.9 Å². The van der Waals surface area contributed by atoms with Crippen LogP contribution in [0.25, 0.3) is 0 Å². The van der Waals surface area contributed by atoms with E-state index in [9.17, 15) is 0 Å². The molecule has 0 amide bonds. The summed E-state index contributed by atoms with van der Waals surface area (Å²) in [4.78, 5) is 0. The molecule has 0 N–H and O–H groups in total. The van der Waals surface area contributed by atoms with Crippen LogP contribution in [0.4, 0.5) is 0 Å². The molecule has 0 unspecified atom stereocenters. The number of halogens is 1. The first-order valence-electron chi connectivity index (χ1n) is 2.88.